The van der Waals surface area contributed by atoms with Crippen LogP contribution in [-0.2, 0) is 14.3 Å². The van der Waals surface area contributed by atoms with Crippen molar-refractivity contribution >= 4 is 17.4 Å². The number of anilines is 1. The van der Waals surface area contributed by atoms with Crippen molar-refractivity contribution in [3.8, 4) is 0 Å². The van der Waals surface area contributed by atoms with E-state index >= 15 is 0 Å². The molecule has 0 amide bonds. The first kappa shape index (κ1) is 16.6. The van der Waals surface area contributed by atoms with Crippen molar-refractivity contribution < 1.29 is 14.3 Å². The van der Waals surface area contributed by atoms with Crippen LogP contribution >= 0.6 is 0 Å². The van der Waals surface area contributed by atoms with E-state index < -0.39 is 0 Å². The predicted molar refractivity (Wildman–Crippen MR) is 86.8 cm³/mol. The van der Waals surface area contributed by atoms with Crippen LogP contribution in [0.25, 0.3) is 5.76 Å². The molecule has 2 rings (SSSR count). The second-order valence-corrected chi connectivity index (χ2v) is 5.90. The zero-order valence-electron chi connectivity index (χ0n) is 13.9. The van der Waals surface area contributed by atoms with Crippen molar-refractivity contribution in [2.75, 3.05) is 39.2 Å². The minimum Gasteiger partial charge on any atom is -0.496 e. The van der Waals surface area contributed by atoms with Crippen LogP contribution in [0.15, 0.2) is 18.2 Å². The Labute approximate surface area is 131 Å². The summed E-state index contributed by atoms with van der Waals surface area (Å²) in [7, 11) is 5.69. The average molecular weight is 304 g/mol. The lowest BCUT2D eigenvalue weighted by Crippen LogP contribution is -2.41. The van der Waals surface area contributed by atoms with Gasteiger partial charge in [-0.25, -0.2) is 4.79 Å². The van der Waals surface area contributed by atoms with Crippen molar-refractivity contribution in [1.29, 1.82) is 0 Å². The van der Waals surface area contributed by atoms with Crippen LogP contribution < -0.4 is 15.3 Å². The number of rotatable bonds is 6. The van der Waals surface area contributed by atoms with Gasteiger partial charge < -0.3 is 19.3 Å². The summed E-state index contributed by atoms with van der Waals surface area (Å²) in [6, 6.07) is 5.62. The van der Waals surface area contributed by atoms with Gasteiger partial charge >= 0.3 is 0 Å². The third kappa shape index (κ3) is 3.17. The fourth-order valence-corrected chi connectivity index (χ4v) is 2.66. The van der Waals surface area contributed by atoms with Crippen molar-refractivity contribution in [2.24, 2.45) is 0 Å². The van der Waals surface area contributed by atoms with Crippen molar-refractivity contribution in [3.05, 3.63) is 28.6 Å². The van der Waals surface area contributed by atoms with Crippen molar-refractivity contribution in [2.45, 2.75) is 26.2 Å². The Hall–Kier alpha value is -1.81. The second kappa shape index (κ2) is 6.97. The Morgan fingerprint density at radius 3 is 2.64 bits per heavy atom. The van der Waals surface area contributed by atoms with E-state index in [2.05, 4.69) is 9.80 Å². The molecule has 22 heavy (non-hydrogen) atoms. The molecule has 0 saturated heterocycles. The smallest absolute Gasteiger partial charge is 0.189 e. The van der Waals surface area contributed by atoms with Gasteiger partial charge in [0.2, 0.25) is 0 Å². The topological polar surface area (TPSA) is 42.0 Å². The zero-order chi connectivity index (χ0) is 16.3. The highest BCUT2D eigenvalue weighted by atomic mass is 16.5. The monoisotopic (exact) mass is 304 g/mol. The molecule has 1 aliphatic heterocycles. The highest BCUT2D eigenvalue weighted by molar-refractivity contribution is 5.69. The maximum absolute atomic E-state index is 11.3. The molecule has 1 heterocycles. The van der Waals surface area contributed by atoms with E-state index in [0.29, 0.717) is 11.0 Å². The van der Waals surface area contributed by atoms with Gasteiger partial charge in [-0.2, -0.15) is 0 Å². The molecule has 1 aromatic carbocycles. The van der Waals surface area contributed by atoms with Crippen LogP contribution in [0.1, 0.15) is 13.8 Å². The normalized spacial score (nSPS) is 17.1. The van der Waals surface area contributed by atoms with E-state index in [1.165, 1.54) is 0 Å². The molecule has 1 atom stereocenters. The van der Waals surface area contributed by atoms with E-state index in [9.17, 15) is 4.79 Å². The Morgan fingerprint density at radius 1 is 1.36 bits per heavy atom. The molecule has 1 aromatic rings. The van der Waals surface area contributed by atoms with E-state index in [4.69, 9.17) is 9.47 Å². The molecule has 5 heteroatoms. The first-order chi connectivity index (χ1) is 10.5. The van der Waals surface area contributed by atoms with Crippen LogP contribution in [0.4, 0.5) is 5.69 Å². The molecule has 1 aliphatic rings. The molecule has 5 nitrogen and oxygen atoms in total. The highest BCUT2D eigenvalue weighted by Gasteiger charge is 2.34. The van der Waals surface area contributed by atoms with Crippen LogP contribution in [-0.4, -0.2) is 57.5 Å². The summed E-state index contributed by atoms with van der Waals surface area (Å²) in [6.07, 6.45) is -0.260. The fraction of sp³-hybridized carbons (Fsp3) is 0.529. The van der Waals surface area contributed by atoms with Crippen LogP contribution in [0.3, 0.4) is 0 Å². The molecule has 0 spiro atoms. The number of likely N-dealkylation sites (N-methyl/N-ethyl adjacent to an activating group) is 1. The van der Waals surface area contributed by atoms with E-state index in [-0.39, 0.29) is 12.3 Å². The first-order valence-corrected chi connectivity index (χ1v) is 7.48. The molecule has 0 radical (unpaired) electrons. The second-order valence-electron chi connectivity index (χ2n) is 5.90. The summed E-state index contributed by atoms with van der Waals surface area (Å²) in [5.74, 6) is 2.69. The quantitative estimate of drug-likeness (QED) is 0.744. The maximum Gasteiger partial charge on any atom is 0.189 e. The van der Waals surface area contributed by atoms with Gasteiger partial charge in [-0.05, 0) is 40.1 Å². The van der Waals surface area contributed by atoms with Gasteiger partial charge in [0.15, 0.2) is 12.0 Å². The lowest BCUT2D eigenvalue weighted by Gasteiger charge is -2.31. The Balaban J connectivity index is 2.56. The van der Waals surface area contributed by atoms with Gasteiger partial charge in [0.05, 0.1) is 29.3 Å². The molecule has 0 fully saturated rings. The minimum atomic E-state index is -0.311. The number of fused-ring (bicyclic) bond motifs is 1. The van der Waals surface area contributed by atoms with Crippen molar-refractivity contribution in [3.63, 3.8) is 0 Å². The number of benzene rings is 1. The molecule has 0 aliphatic carbocycles. The number of carbonyl (C=O) groups excluding carboxylic acids is 1. The van der Waals surface area contributed by atoms with Gasteiger partial charge in [0, 0.05) is 13.1 Å². The number of hydrogen-bond donors (Lipinski definition) is 0. The SMILES string of the molecule is COC1=c2c(cccc2=C=O)N(CCN(C)C)C1OC(C)C. The van der Waals surface area contributed by atoms with Gasteiger partial charge in [-0.3, -0.25) is 0 Å². The summed E-state index contributed by atoms with van der Waals surface area (Å²) in [5.41, 5.74) is 0.963. The van der Waals surface area contributed by atoms with E-state index in [0.717, 1.165) is 24.0 Å². The molecule has 0 saturated carbocycles. The predicted octanol–water partition coefficient (Wildman–Crippen LogP) is 0.0771. The molecule has 0 aromatic heterocycles. The van der Waals surface area contributed by atoms with Crippen LogP contribution in [0.5, 0.6) is 0 Å². The Kier molecular flexibility index (Phi) is 5.24. The highest BCUT2D eigenvalue weighted by Crippen LogP contribution is 2.26. The minimum absolute atomic E-state index is 0.0509. The van der Waals surface area contributed by atoms with Crippen LogP contribution in [0, 0.1) is 0 Å². The summed E-state index contributed by atoms with van der Waals surface area (Å²) in [6.45, 7) is 5.65. The van der Waals surface area contributed by atoms with Crippen LogP contribution in [0.2, 0.25) is 0 Å². The molecule has 120 valence electrons. The van der Waals surface area contributed by atoms with Gasteiger partial charge in [-0.15, -0.1) is 0 Å². The number of methoxy groups -OCH3 is 1. The third-order valence-electron chi connectivity index (χ3n) is 3.62. The maximum atomic E-state index is 11.3. The van der Waals surface area contributed by atoms with Gasteiger partial charge in [0.25, 0.3) is 0 Å². The third-order valence-corrected chi connectivity index (χ3v) is 3.62. The number of nitrogens with zero attached hydrogens (tertiary/aromatic N) is 2. The number of ether oxygens (including phenoxy) is 2. The number of hydrogen-bond acceptors (Lipinski definition) is 5. The van der Waals surface area contributed by atoms with Gasteiger partial charge in [-0.1, -0.05) is 6.07 Å². The van der Waals surface area contributed by atoms with E-state index in [1.54, 1.807) is 13.2 Å². The largest absolute Gasteiger partial charge is 0.496 e. The molecular weight excluding hydrogens is 280 g/mol. The fourth-order valence-electron chi connectivity index (χ4n) is 2.66. The molecule has 1 unspecified atom stereocenters. The molecule has 0 bridgehead atoms. The summed E-state index contributed by atoms with van der Waals surface area (Å²) in [4.78, 5) is 15.5. The Bertz CT molecular complexity index is 663. The molecular formula is C17H24N2O3. The summed E-state index contributed by atoms with van der Waals surface area (Å²) in [5, 5.41) is 1.31. The standard InChI is InChI=1S/C17H24N2O3/c1-12(2)22-17-16(21-5)15-13(11-20)7-6-8-14(15)19(17)10-9-18(3)4/h6-8,12,17H,9-10H2,1-5H3. The van der Waals surface area contributed by atoms with Crippen molar-refractivity contribution in [1.82, 2.24) is 4.90 Å². The first-order valence-electron chi connectivity index (χ1n) is 7.48. The summed E-state index contributed by atoms with van der Waals surface area (Å²) < 4.78 is 11.6. The zero-order valence-corrected chi connectivity index (χ0v) is 13.9. The lowest BCUT2D eigenvalue weighted by molar-refractivity contribution is 0.0241. The molecule has 0 N–H and O–H groups in total. The summed E-state index contributed by atoms with van der Waals surface area (Å²) >= 11 is 0. The van der Waals surface area contributed by atoms with E-state index in [1.807, 2.05) is 46.0 Å². The Morgan fingerprint density at radius 2 is 2.09 bits per heavy atom. The lowest BCUT2D eigenvalue weighted by atomic mass is 10.2. The van der Waals surface area contributed by atoms with Gasteiger partial charge in [0.1, 0.15) is 5.94 Å². The average Bonchev–Trinajstić information content (AvgIpc) is 2.76.